The van der Waals surface area contributed by atoms with Crippen LogP contribution < -0.4 is 5.73 Å². The molecule has 0 saturated heterocycles. The van der Waals surface area contributed by atoms with Crippen LogP contribution in [0.5, 0.6) is 0 Å². The first kappa shape index (κ1) is 21.5. The third kappa shape index (κ3) is 4.30. The van der Waals surface area contributed by atoms with Gasteiger partial charge < -0.3 is 28.3 Å². The van der Waals surface area contributed by atoms with E-state index in [2.05, 4.69) is 0 Å². The first-order valence-corrected chi connectivity index (χ1v) is 12.3. The second-order valence-electron chi connectivity index (χ2n) is 5.44. The summed E-state index contributed by atoms with van der Waals surface area (Å²) >= 11 is 0. The van der Waals surface area contributed by atoms with Gasteiger partial charge in [0.2, 0.25) is 0 Å². The van der Waals surface area contributed by atoms with Crippen molar-refractivity contribution in [3.8, 4) is 0 Å². The first-order chi connectivity index (χ1) is 10.2. The summed E-state index contributed by atoms with van der Waals surface area (Å²) in [5.41, 5.74) is 5.27. The van der Waals surface area contributed by atoms with E-state index in [1.54, 1.807) is 33.3 Å². The summed E-state index contributed by atoms with van der Waals surface area (Å²) in [5, 5.41) is 0. The molecule has 0 rings (SSSR count). The average molecular weight is 353 g/mol. The Morgan fingerprint density at radius 1 is 0.909 bits per heavy atom. The van der Waals surface area contributed by atoms with E-state index in [0.29, 0.717) is 12.8 Å². The average Bonchev–Trinajstić information content (AvgIpc) is 2.53. The monoisotopic (exact) mass is 352 g/mol. The molecule has 0 bridgehead atoms. The Labute approximate surface area is 136 Å². The van der Waals surface area contributed by atoms with Crippen LogP contribution in [0.2, 0.25) is 13.1 Å². The number of urea groups is 1. The largest absolute Gasteiger partial charge is 0.397 e. The zero-order valence-corrected chi connectivity index (χ0v) is 17.1. The van der Waals surface area contributed by atoms with E-state index in [-0.39, 0.29) is 11.3 Å². The fourth-order valence-electron chi connectivity index (χ4n) is 2.88. The van der Waals surface area contributed by atoms with Crippen molar-refractivity contribution < 1.29 is 22.5 Å². The van der Waals surface area contributed by atoms with Crippen molar-refractivity contribution in [2.24, 2.45) is 5.73 Å². The third-order valence-electron chi connectivity index (χ3n) is 4.53. The highest BCUT2D eigenvalue weighted by Gasteiger charge is 2.51. The molecule has 132 valence electrons. The van der Waals surface area contributed by atoms with E-state index in [9.17, 15) is 4.79 Å². The number of amides is 2. The molecule has 0 aliphatic carbocycles. The Kier molecular flexibility index (Phi) is 8.80. The minimum absolute atomic E-state index is 0.220. The normalized spacial score (nSPS) is 15.5. The lowest BCUT2D eigenvalue weighted by Crippen LogP contribution is -2.69. The zero-order chi connectivity index (χ0) is 17.6. The molecule has 22 heavy (non-hydrogen) atoms. The number of carbonyl (C=O) groups excluding carboxylic acids is 1. The second-order valence-corrected chi connectivity index (χ2v) is 12.5. The van der Waals surface area contributed by atoms with Crippen LogP contribution in [0.3, 0.4) is 0 Å². The molecule has 9 heteroatoms. The van der Waals surface area contributed by atoms with Gasteiger partial charge in [-0.1, -0.05) is 13.8 Å². The first-order valence-electron chi connectivity index (χ1n) is 7.49. The molecule has 0 heterocycles. The predicted molar refractivity (Wildman–Crippen MR) is 90.9 cm³/mol. The quantitative estimate of drug-likeness (QED) is 0.605. The standard InChI is InChI=1S/C13H32N2O5Si2/c1-9-11(21(7,17-3)18-4)15(13(14)16)12(10-2)22(8,19-5)20-6/h11-12H,9-10H2,1-8H3,(H2,14,16). The SMILES string of the molecule is CCC(N(C(N)=O)C(CC)[Si](C)(OC)OC)[Si](C)(OC)OC. The number of hydrogen-bond acceptors (Lipinski definition) is 5. The fourth-order valence-corrected chi connectivity index (χ4v) is 7.55. The maximum absolute atomic E-state index is 12.2. The van der Waals surface area contributed by atoms with Crippen molar-refractivity contribution in [3.63, 3.8) is 0 Å². The summed E-state index contributed by atoms with van der Waals surface area (Å²) in [6, 6.07) is -0.501. The van der Waals surface area contributed by atoms with Crippen LogP contribution in [0.25, 0.3) is 0 Å². The number of rotatable bonds is 10. The topological polar surface area (TPSA) is 83.3 Å². The molecule has 0 spiro atoms. The van der Waals surface area contributed by atoms with Gasteiger partial charge in [-0.05, 0) is 25.9 Å². The van der Waals surface area contributed by atoms with Crippen molar-refractivity contribution in [3.05, 3.63) is 0 Å². The number of carbonyl (C=O) groups is 1. The minimum Gasteiger partial charge on any atom is -0.397 e. The Hall–Kier alpha value is -0.456. The van der Waals surface area contributed by atoms with Crippen LogP contribution in [0.1, 0.15) is 26.7 Å². The lowest BCUT2D eigenvalue weighted by molar-refractivity contribution is 0.128. The smallest absolute Gasteiger partial charge is 0.357 e. The number of nitrogens with zero attached hydrogens (tertiary/aromatic N) is 1. The summed E-state index contributed by atoms with van der Waals surface area (Å²) in [6.07, 6.45) is 1.36. The molecule has 0 aliphatic rings. The number of primary amides is 1. The molecule has 0 saturated carbocycles. The molecular formula is C13H32N2O5Si2. The highest BCUT2D eigenvalue weighted by Crippen LogP contribution is 2.28. The van der Waals surface area contributed by atoms with Gasteiger partial charge >= 0.3 is 23.2 Å². The minimum atomic E-state index is -2.60. The third-order valence-corrected chi connectivity index (χ3v) is 11.6. The molecule has 7 nitrogen and oxygen atoms in total. The molecule has 2 unspecified atom stereocenters. The Balaban J connectivity index is 5.91. The van der Waals surface area contributed by atoms with E-state index < -0.39 is 23.2 Å². The highest BCUT2D eigenvalue weighted by atomic mass is 28.4. The molecule has 0 aliphatic heterocycles. The van der Waals surface area contributed by atoms with E-state index in [1.165, 1.54) is 0 Å². The van der Waals surface area contributed by atoms with Crippen LogP contribution >= 0.6 is 0 Å². The van der Waals surface area contributed by atoms with Crippen LogP contribution in [-0.2, 0) is 17.7 Å². The van der Waals surface area contributed by atoms with Gasteiger partial charge in [0.1, 0.15) is 0 Å². The maximum Gasteiger partial charge on any atom is 0.357 e. The van der Waals surface area contributed by atoms with Gasteiger partial charge in [-0.15, -0.1) is 0 Å². The number of nitrogens with two attached hydrogens (primary N) is 1. The zero-order valence-electron chi connectivity index (χ0n) is 15.1. The van der Waals surface area contributed by atoms with Crippen molar-refractivity contribution >= 4 is 23.2 Å². The van der Waals surface area contributed by atoms with Crippen LogP contribution in [0.15, 0.2) is 0 Å². The van der Waals surface area contributed by atoms with E-state index in [4.69, 9.17) is 23.4 Å². The molecule has 0 radical (unpaired) electrons. The van der Waals surface area contributed by atoms with Crippen molar-refractivity contribution in [1.82, 2.24) is 4.90 Å². The lowest BCUT2D eigenvalue weighted by atomic mass is 10.3. The lowest BCUT2D eigenvalue weighted by Gasteiger charge is -2.46. The molecule has 0 aromatic heterocycles. The summed E-state index contributed by atoms with van der Waals surface area (Å²) in [6.45, 7) is 7.86. The molecule has 0 fully saturated rings. The fraction of sp³-hybridized carbons (Fsp3) is 0.923. The van der Waals surface area contributed by atoms with Gasteiger partial charge in [-0.25, -0.2) is 4.79 Å². The molecule has 2 N–H and O–H groups in total. The van der Waals surface area contributed by atoms with Crippen molar-refractivity contribution in [1.29, 1.82) is 0 Å². The van der Waals surface area contributed by atoms with Crippen LogP contribution in [-0.4, -0.2) is 67.8 Å². The van der Waals surface area contributed by atoms with Gasteiger partial charge in [0, 0.05) is 28.4 Å². The summed E-state index contributed by atoms with van der Waals surface area (Å²) in [4.78, 5) is 13.9. The van der Waals surface area contributed by atoms with E-state index in [0.717, 1.165) is 0 Å². The summed E-state index contributed by atoms with van der Waals surface area (Å²) < 4.78 is 22.6. The van der Waals surface area contributed by atoms with E-state index >= 15 is 0 Å². The van der Waals surface area contributed by atoms with Gasteiger partial charge in [0.05, 0.1) is 11.3 Å². The Bertz CT molecular complexity index is 325. The summed E-state index contributed by atoms with van der Waals surface area (Å²) in [5.74, 6) is 0. The van der Waals surface area contributed by atoms with Crippen molar-refractivity contribution in [2.75, 3.05) is 28.4 Å². The van der Waals surface area contributed by atoms with Crippen molar-refractivity contribution in [2.45, 2.75) is 51.1 Å². The Morgan fingerprint density at radius 2 is 1.18 bits per heavy atom. The van der Waals surface area contributed by atoms with Gasteiger partial charge in [0.25, 0.3) is 0 Å². The summed E-state index contributed by atoms with van der Waals surface area (Å²) in [7, 11) is 1.25. The molecule has 0 aromatic rings. The molecular weight excluding hydrogens is 320 g/mol. The molecule has 2 amide bonds. The van der Waals surface area contributed by atoms with Crippen LogP contribution in [0, 0.1) is 0 Å². The van der Waals surface area contributed by atoms with Gasteiger partial charge in [-0.3, -0.25) is 0 Å². The number of hydrogen-bond donors (Lipinski definition) is 1. The van der Waals surface area contributed by atoms with Gasteiger partial charge in [-0.2, -0.15) is 0 Å². The Morgan fingerprint density at radius 3 is 1.32 bits per heavy atom. The van der Waals surface area contributed by atoms with Crippen LogP contribution in [0.4, 0.5) is 4.79 Å². The predicted octanol–water partition coefficient (Wildman–Crippen LogP) is 1.73. The molecule has 2 atom stereocenters. The van der Waals surface area contributed by atoms with Gasteiger partial charge in [0.15, 0.2) is 0 Å². The van der Waals surface area contributed by atoms with E-state index in [1.807, 2.05) is 26.9 Å². The molecule has 0 aromatic carbocycles. The second kappa shape index (κ2) is 8.99. The highest BCUT2D eigenvalue weighted by molar-refractivity contribution is 6.69. The maximum atomic E-state index is 12.2.